The third-order valence-electron chi connectivity index (χ3n) is 3.03. The second-order valence-electron chi connectivity index (χ2n) is 5.03. The van der Waals surface area contributed by atoms with Crippen molar-refractivity contribution in [3.63, 3.8) is 0 Å². The number of hydrogen-bond donors (Lipinski definition) is 2. The number of amides is 2. The molecule has 0 saturated heterocycles. The zero-order valence-electron chi connectivity index (χ0n) is 13.3. The molecular formula is C15H18ClN5O2. The first kappa shape index (κ1) is 16.8. The molecule has 1 heterocycles. The Labute approximate surface area is 139 Å². The maximum absolute atomic E-state index is 12.1. The lowest BCUT2D eigenvalue weighted by Crippen LogP contribution is -2.22. The summed E-state index contributed by atoms with van der Waals surface area (Å²) >= 11 is 6.05. The van der Waals surface area contributed by atoms with Gasteiger partial charge in [-0.05, 0) is 24.6 Å². The molecule has 1 aromatic carbocycles. The summed E-state index contributed by atoms with van der Waals surface area (Å²) in [4.78, 5) is 22.1. The summed E-state index contributed by atoms with van der Waals surface area (Å²) in [7, 11) is 5.10. The number of anilines is 3. The molecule has 0 fully saturated rings. The highest BCUT2D eigenvalue weighted by Gasteiger charge is 2.13. The van der Waals surface area contributed by atoms with Gasteiger partial charge >= 0.3 is 12.0 Å². The van der Waals surface area contributed by atoms with Crippen LogP contribution in [0, 0.1) is 6.92 Å². The van der Waals surface area contributed by atoms with Crippen molar-refractivity contribution >= 4 is 34.8 Å². The molecule has 0 saturated carbocycles. The molecule has 0 unspecified atom stereocenters. The van der Waals surface area contributed by atoms with Gasteiger partial charge in [0.2, 0.25) is 0 Å². The number of urea groups is 1. The number of aryl methyl sites for hydroxylation is 1. The number of ether oxygens (including phenoxy) is 1. The number of carbonyl (C=O) groups is 1. The van der Waals surface area contributed by atoms with Crippen LogP contribution in [0.4, 0.5) is 22.0 Å². The van der Waals surface area contributed by atoms with E-state index >= 15 is 0 Å². The highest BCUT2D eigenvalue weighted by Crippen LogP contribution is 2.24. The second kappa shape index (κ2) is 7.15. The molecule has 7 nitrogen and oxygen atoms in total. The number of nitrogens with one attached hydrogen (secondary N) is 2. The zero-order chi connectivity index (χ0) is 17.0. The number of nitrogens with zero attached hydrogens (tertiary/aromatic N) is 3. The topological polar surface area (TPSA) is 79.4 Å². The lowest BCUT2D eigenvalue weighted by Gasteiger charge is -2.17. The monoisotopic (exact) mass is 335 g/mol. The maximum atomic E-state index is 12.1. The van der Waals surface area contributed by atoms with Crippen LogP contribution in [0.5, 0.6) is 6.01 Å². The summed E-state index contributed by atoms with van der Waals surface area (Å²) in [5, 5.41) is 6.01. The van der Waals surface area contributed by atoms with Gasteiger partial charge in [0.15, 0.2) is 5.82 Å². The van der Waals surface area contributed by atoms with E-state index in [1.165, 1.54) is 13.3 Å². The molecule has 122 valence electrons. The largest absolute Gasteiger partial charge is 0.467 e. The summed E-state index contributed by atoms with van der Waals surface area (Å²) in [6.45, 7) is 1.89. The van der Waals surface area contributed by atoms with Gasteiger partial charge in [0, 0.05) is 24.8 Å². The van der Waals surface area contributed by atoms with Crippen molar-refractivity contribution in [1.82, 2.24) is 9.97 Å². The SMILES string of the molecule is COc1ncc(NC(=O)Nc2ccc(C)c(Cl)c2)c(N(C)C)n1. The minimum atomic E-state index is -0.415. The highest BCUT2D eigenvalue weighted by atomic mass is 35.5. The first-order valence-corrected chi connectivity index (χ1v) is 7.21. The number of methoxy groups -OCH3 is 1. The maximum Gasteiger partial charge on any atom is 0.323 e. The van der Waals surface area contributed by atoms with Crippen LogP contribution in [0.25, 0.3) is 0 Å². The number of carbonyl (C=O) groups excluding carboxylic acids is 1. The van der Waals surface area contributed by atoms with Gasteiger partial charge < -0.3 is 20.3 Å². The zero-order valence-corrected chi connectivity index (χ0v) is 14.1. The third-order valence-corrected chi connectivity index (χ3v) is 3.44. The molecule has 1 aromatic heterocycles. The van der Waals surface area contributed by atoms with Gasteiger partial charge in [-0.3, -0.25) is 0 Å². The van der Waals surface area contributed by atoms with Crippen molar-refractivity contribution in [2.24, 2.45) is 0 Å². The van der Waals surface area contributed by atoms with Gasteiger partial charge in [-0.2, -0.15) is 4.98 Å². The summed E-state index contributed by atoms with van der Waals surface area (Å²) in [5.74, 6) is 0.536. The first-order chi connectivity index (χ1) is 10.9. The third kappa shape index (κ3) is 4.23. The number of aromatic nitrogens is 2. The Bertz CT molecular complexity index is 721. The van der Waals surface area contributed by atoms with E-state index < -0.39 is 6.03 Å². The quantitative estimate of drug-likeness (QED) is 0.897. The van der Waals surface area contributed by atoms with Gasteiger partial charge in [-0.1, -0.05) is 17.7 Å². The average Bonchev–Trinajstić information content (AvgIpc) is 2.51. The Morgan fingerprint density at radius 3 is 2.65 bits per heavy atom. The van der Waals surface area contributed by atoms with Crippen LogP contribution >= 0.6 is 11.6 Å². The number of rotatable bonds is 4. The number of benzene rings is 1. The summed E-state index contributed by atoms with van der Waals surface area (Å²) < 4.78 is 4.99. The van der Waals surface area contributed by atoms with E-state index in [0.717, 1.165) is 5.56 Å². The molecule has 0 radical (unpaired) electrons. The van der Waals surface area contributed by atoms with E-state index in [-0.39, 0.29) is 6.01 Å². The molecule has 23 heavy (non-hydrogen) atoms. The Morgan fingerprint density at radius 1 is 1.30 bits per heavy atom. The highest BCUT2D eigenvalue weighted by molar-refractivity contribution is 6.31. The normalized spacial score (nSPS) is 10.1. The lowest BCUT2D eigenvalue weighted by molar-refractivity contribution is 0.262. The standard InChI is InChI=1S/C15H18ClN5O2/c1-9-5-6-10(7-11(9)16)18-14(22)19-12-8-17-15(23-4)20-13(12)21(2)3/h5-8H,1-4H3,(H2,18,19,22). The van der Waals surface area contributed by atoms with E-state index in [2.05, 4.69) is 20.6 Å². The van der Waals surface area contributed by atoms with E-state index in [1.54, 1.807) is 17.0 Å². The summed E-state index contributed by atoms with van der Waals surface area (Å²) in [5.41, 5.74) is 2.00. The van der Waals surface area contributed by atoms with E-state index in [0.29, 0.717) is 22.2 Å². The Balaban J connectivity index is 2.15. The minimum absolute atomic E-state index is 0.227. The minimum Gasteiger partial charge on any atom is -0.467 e. The number of hydrogen-bond acceptors (Lipinski definition) is 5. The van der Waals surface area contributed by atoms with Crippen LogP contribution < -0.4 is 20.3 Å². The van der Waals surface area contributed by atoms with Gasteiger partial charge in [-0.25, -0.2) is 9.78 Å². The van der Waals surface area contributed by atoms with Crippen LogP contribution in [0.1, 0.15) is 5.56 Å². The lowest BCUT2D eigenvalue weighted by atomic mass is 10.2. The van der Waals surface area contributed by atoms with Gasteiger partial charge in [0.25, 0.3) is 0 Å². The molecule has 0 aliphatic rings. The smallest absolute Gasteiger partial charge is 0.323 e. The van der Waals surface area contributed by atoms with E-state index in [1.807, 2.05) is 27.1 Å². The second-order valence-corrected chi connectivity index (χ2v) is 5.44. The van der Waals surface area contributed by atoms with Crippen LogP contribution in [-0.4, -0.2) is 37.2 Å². The molecule has 2 amide bonds. The van der Waals surface area contributed by atoms with Crippen LogP contribution in [-0.2, 0) is 0 Å². The molecule has 0 bridgehead atoms. The van der Waals surface area contributed by atoms with E-state index in [4.69, 9.17) is 16.3 Å². The Hall–Kier alpha value is -2.54. The van der Waals surface area contributed by atoms with Gasteiger partial charge in [0.05, 0.1) is 13.3 Å². The molecule has 0 aliphatic heterocycles. The molecule has 2 aromatic rings. The summed E-state index contributed by atoms with van der Waals surface area (Å²) in [6, 6.07) is 5.11. The Kier molecular flexibility index (Phi) is 5.23. The number of halogens is 1. The van der Waals surface area contributed by atoms with E-state index in [9.17, 15) is 4.79 Å². The van der Waals surface area contributed by atoms with Crippen LogP contribution in [0.15, 0.2) is 24.4 Å². The molecule has 0 spiro atoms. The predicted octanol–water partition coefficient (Wildman–Crippen LogP) is 3.16. The molecular weight excluding hydrogens is 318 g/mol. The van der Waals surface area contributed by atoms with Crippen molar-refractivity contribution in [2.45, 2.75) is 6.92 Å². The molecule has 8 heteroatoms. The molecule has 0 atom stereocenters. The van der Waals surface area contributed by atoms with Gasteiger partial charge in [-0.15, -0.1) is 0 Å². The first-order valence-electron chi connectivity index (χ1n) is 6.83. The predicted molar refractivity (Wildman–Crippen MR) is 91.7 cm³/mol. The van der Waals surface area contributed by atoms with Crippen molar-refractivity contribution in [1.29, 1.82) is 0 Å². The fraction of sp³-hybridized carbons (Fsp3) is 0.267. The molecule has 2 N–H and O–H groups in total. The summed E-state index contributed by atoms with van der Waals surface area (Å²) in [6.07, 6.45) is 1.49. The average molecular weight is 336 g/mol. The Morgan fingerprint density at radius 2 is 2.04 bits per heavy atom. The van der Waals surface area contributed by atoms with Crippen molar-refractivity contribution in [2.75, 3.05) is 36.7 Å². The molecule has 2 rings (SSSR count). The van der Waals surface area contributed by atoms with Crippen LogP contribution in [0.3, 0.4) is 0 Å². The van der Waals surface area contributed by atoms with Crippen LogP contribution in [0.2, 0.25) is 5.02 Å². The van der Waals surface area contributed by atoms with Crippen molar-refractivity contribution < 1.29 is 9.53 Å². The van der Waals surface area contributed by atoms with Gasteiger partial charge in [0.1, 0.15) is 5.69 Å². The van der Waals surface area contributed by atoms with Crippen molar-refractivity contribution in [3.05, 3.63) is 35.0 Å². The fourth-order valence-electron chi connectivity index (χ4n) is 1.84. The molecule has 0 aliphatic carbocycles. The fourth-order valence-corrected chi connectivity index (χ4v) is 2.02. The van der Waals surface area contributed by atoms with Crippen molar-refractivity contribution in [3.8, 4) is 6.01 Å².